The summed E-state index contributed by atoms with van der Waals surface area (Å²) in [6, 6.07) is 3.18. The number of carbonyl (C=O) groups is 1. The number of hydrogen-bond donors (Lipinski definition) is 3. The molecule has 0 bridgehead atoms. The van der Waals surface area contributed by atoms with Crippen molar-refractivity contribution in [3.8, 4) is 0 Å². The Morgan fingerprint density at radius 1 is 1.58 bits per heavy atom. The van der Waals surface area contributed by atoms with Crippen LogP contribution in [0, 0.1) is 0 Å². The molecule has 5 nitrogen and oxygen atoms in total. The average Bonchev–Trinajstić information content (AvgIpc) is 2.06. The summed E-state index contributed by atoms with van der Waals surface area (Å²) in [7, 11) is 1.61. The van der Waals surface area contributed by atoms with Crippen molar-refractivity contribution in [2.75, 3.05) is 12.4 Å². The Morgan fingerprint density at radius 3 is 3.00 bits per heavy atom. The van der Waals surface area contributed by atoms with Gasteiger partial charge >= 0.3 is 6.03 Å². The smallest absolute Gasteiger partial charge is 0.305 e. The van der Waals surface area contributed by atoms with E-state index < -0.39 is 0 Å². The van der Waals surface area contributed by atoms with Gasteiger partial charge in [-0.15, -0.1) is 0 Å². The average molecular weight is 166 g/mol. The Morgan fingerprint density at radius 2 is 2.42 bits per heavy atom. The molecule has 0 aliphatic rings. The van der Waals surface area contributed by atoms with Gasteiger partial charge in [0.2, 0.25) is 0 Å². The van der Waals surface area contributed by atoms with E-state index in [0.717, 1.165) is 0 Å². The highest BCUT2D eigenvalue weighted by atomic mass is 16.2. The van der Waals surface area contributed by atoms with Crippen LogP contribution in [-0.2, 0) is 0 Å². The molecule has 0 aliphatic carbocycles. The van der Waals surface area contributed by atoms with Crippen LogP contribution >= 0.6 is 0 Å². The van der Waals surface area contributed by atoms with E-state index in [2.05, 4.69) is 21.2 Å². The van der Waals surface area contributed by atoms with Gasteiger partial charge in [-0.3, -0.25) is 10.4 Å². The van der Waals surface area contributed by atoms with Crippen molar-refractivity contribution in [2.45, 2.75) is 0 Å². The fourth-order valence-corrected chi connectivity index (χ4v) is 0.713. The molecular weight excluding hydrogens is 156 g/mol. The lowest BCUT2D eigenvalue weighted by molar-refractivity contribution is 0.249. The summed E-state index contributed by atoms with van der Waals surface area (Å²) >= 11 is 0. The molecule has 0 atom stereocenters. The largest absolute Gasteiger partial charge is 0.333 e. The van der Waals surface area contributed by atoms with Crippen molar-refractivity contribution in [3.63, 3.8) is 0 Å². The van der Waals surface area contributed by atoms with E-state index in [0.29, 0.717) is 5.69 Å². The maximum Gasteiger partial charge on any atom is 0.333 e. The Labute approximate surface area is 70.2 Å². The first-order valence-electron chi connectivity index (χ1n) is 3.46. The normalized spacial score (nSPS) is 9.08. The number of anilines is 1. The number of nitrogens with one attached hydrogen (secondary N) is 3. The Bertz CT molecular complexity index is 249. The Hall–Kier alpha value is -1.62. The lowest BCUT2D eigenvalue weighted by Crippen LogP contribution is -2.37. The SMILES string of the molecule is CNNC(=O)Nc1cccnc1. The van der Waals surface area contributed by atoms with Crippen LogP contribution in [-0.4, -0.2) is 18.1 Å². The van der Waals surface area contributed by atoms with Gasteiger partial charge in [-0.05, 0) is 12.1 Å². The van der Waals surface area contributed by atoms with Crippen molar-refractivity contribution in [2.24, 2.45) is 0 Å². The Balaban J connectivity index is 2.47. The fourth-order valence-electron chi connectivity index (χ4n) is 0.713. The molecular formula is C7H10N4O. The lowest BCUT2D eigenvalue weighted by atomic mass is 10.4. The van der Waals surface area contributed by atoms with E-state index in [9.17, 15) is 4.79 Å². The molecule has 1 aromatic rings. The minimum absolute atomic E-state index is 0.314. The second-order valence-electron chi connectivity index (χ2n) is 2.07. The highest BCUT2D eigenvalue weighted by Crippen LogP contribution is 2.00. The number of urea groups is 1. The quantitative estimate of drug-likeness (QED) is 0.555. The number of amides is 2. The second kappa shape index (κ2) is 4.30. The molecule has 0 saturated heterocycles. The van der Waals surface area contributed by atoms with E-state index in [4.69, 9.17) is 0 Å². The van der Waals surface area contributed by atoms with Crippen molar-refractivity contribution < 1.29 is 4.79 Å². The highest BCUT2D eigenvalue weighted by molar-refractivity contribution is 5.88. The summed E-state index contributed by atoms with van der Waals surface area (Å²) in [5.74, 6) is 0. The van der Waals surface area contributed by atoms with Crippen LogP contribution in [0.25, 0.3) is 0 Å². The molecule has 0 aromatic carbocycles. The third-order valence-electron chi connectivity index (χ3n) is 1.16. The zero-order valence-electron chi connectivity index (χ0n) is 6.66. The molecule has 0 radical (unpaired) electrons. The van der Waals surface area contributed by atoms with Crippen LogP contribution < -0.4 is 16.2 Å². The zero-order chi connectivity index (χ0) is 8.81. The topological polar surface area (TPSA) is 66.0 Å². The van der Waals surface area contributed by atoms with Crippen molar-refractivity contribution in [1.82, 2.24) is 15.8 Å². The molecule has 2 amide bonds. The molecule has 3 N–H and O–H groups in total. The highest BCUT2D eigenvalue weighted by Gasteiger charge is 1.97. The van der Waals surface area contributed by atoms with Gasteiger partial charge in [0, 0.05) is 13.2 Å². The first-order valence-corrected chi connectivity index (χ1v) is 3.46. The van der Waals surface area contributed by atoms with Gasteiger partial charge < -0.3 is 5.32 Å². The number of rotatable bonds is 2. The summed E-state index contributed by atoms with van der Waals surface area (Å²) in [4.78, 5) is 14.7. The van der Waals surface area contributed by atoms with Crippen LogP contribution in [0.2, 0.25) is 0 Å². The molecule has 64 valence electrons. The van der Waals surface area contributed by atoms with Gasteiger partial charge in [-0.25, -0.2) is 10.2 Å². The summed E-state index contributed by atoms with van der Waals surface area (Å²) < 4.78 is 0. The Kier molecular flexibility index (Phi) is 3.04. The number of aromatic nitrogens is 1. The van der Waals surface area contributed by atoms with E-state index in [1.54, 1.807) is 31.6 Å². The van der Waals surface area contributed by atoms with Crippen molar-refractivity contribution >= 4 is 11.7 Å². The van der Waals surface area contributed by atoms with Gasteiger partial charge in [0.25, 0.3) is 0 Å². The second-order valence-corrected chi connectivity index (χ2v) is 2.07. The zero-order valence-corrected chi connectivity index (χ0v) is 6.66. The molecule has 0 unspecified atom stereocenters. The molecule has 0 saturated carbocycles. The van der Waals surface area contributed by atoms with E-state index >= 15 is 0 Å². The number of carbonyl (C=O) groups excluding carboxylic acids is 1. The molecule has 0 spiro atoms. The predicted octanol–water partition coefficient (Wildman–Crippen LogP) is 0.337. The van der Waals surface area contributed by atoms with E-state index in [1.165, 1.54) is 0 Å². The third kappa shape index (κ3) is 2.55. The molecule has 1 heterocycles. The third-order valence-corrected chi connectivity index (χ3v) is 1.16. The molecule has 1 rings (SSSR count). The van der Waals surface area contributed by atoms with Gasteiger partial charge in [-0.2, -0.15) is 0 Å². The maximum atomic E-state index is 10.9. The first-order chi connectivity index (χ1) is 5.83. The molecule has 12 heavy (non-hydrogen) atoms. The predicted molar refractivity (Wildman–Crippen MR) is 45.5 cm³/mol. The fraction of sp³-hybridized carbons (Fsp3) is 0.143. The minimum atomic E-state index is -0.314. The van der Waals surface area contributed by atoms with Gasteiger partial charge in [0.15, 0.2) is 0 Å². The first kappa shape index (κ1) is 8.48. The summed E-state index contributed by atoms with van der Waals surface area (Å²) in [5, 5.41) is 2.57. The van der Waals surface area contributed by atoms with Crippen molar-refractivity contribution in [3.05, 3.63) is 24.5 Å². The molecule has 5 heteroatoms. The van der Waals surface area contributed by atoms with E-state index in [-0.39, 0.29) is 6.03 Å². The van der Waals surface area contributed by atoms with E-state index in [1.807, 2.05) is 0 Å². The maximum absolute atomic E-state index is 10.9. The van der Waals surface area contributed by atoms with Gasteiger partial charge in [0.1, 0.15) is 0 Å². The number of nitrogens with zero attached hydrogens (tertiary/aromatic N) is 1. The number of hydrogen-bond acceptors (Lipinski definition) is 3. The van der Waals surface area contributed by atoms with Gasteiger partial charge in [0.05, 0.1) is 11.9 Å². The minimum Gasteiger partial charge on any atom is -0.305 e. The lowest BCUT2D eigenvalue weighted by Gasteiger charge is -2.04. The standard InChI is InChI=1S/C7H10N4O/c1-8-11-7(12)10-6-3-2-4-9-5-6/h2-5,8H,1H3,(H2,10,11,12). The van der Waals surface area contributed by atoms with Crippen LogP contribution in [0.15, 0.2) is 24.5 Å². The molecule has 1 aromatic heterocycles. The van der Waals surface area contributed by atoms with Gasteiger partial charge in [-0.1, -0.05) is 0 Å². The number of hydrazine groups is 1. The van der Waals surface area contributed by atoms with Crippen LogP contribution in [0.4, 0.5) is 10.5 Å². The monoisotopic (exact) mass is 166 g/mol. The summed E-state index contributed by atoms with van der Waals surface area (Å²) in [5.41, 5.74) is 5.53. The number of pyridine rings is 1. The molecule has 0 aliphatic heterocycles. The van der Waals surface area contributed by atoms with Crippen molar-refractivity contribution in [1.29, 1.82) is 0 Å². The summed E-state index contributed by atoms with van der Waals surface area (Å²) in [6.45, 7) is 0. The van der Waals surface area contributed by atoms with Crippen LogP contribution in [0.3, 0.4) is 0 Å². The van der Waals surface area contributed by atoms with Crippen LogP contribution in [0.5, 0.6) is 0 Å². The molecule has 0 fully saturated rings. The van der Waals surface area contributed by atoms with Crippen LogP contribution in [0.1, 0.15) is 0 Å². The summed E-state index contributed by atoms with van der Waals surface area (Å²) in [6.07, 6.45) is 3.20.